The lowest BCUT2D eigenvalue weighted by atomic mass is 10.2. The topological polar surface area (TPSA) is 18.5 Å². The molecule has 0 fully saturated rings. The van der Waals surface area contributed by atoms with Gasteiger partial charge in [-0.2, -0.15) is 0 Å². The van der Waals surface area contributed by atoms with Crippen LogP contribution >= 0.6 is 0 Å². The van der Waals surface area contributed by atoms with Crippen molar-refractivity contribution in [2.75, 3.05) is 6.61 Å². The Bertz CT molecular complexity index is 364. The Kier molecular flexibility index (Phi) is 7.17. The maximum Gasteiger partial charge on any atom is 0.392 e. The molecule has 1 aromatic carbocycles. The third-order valence-corrected chi connectivity index (χ3v) is 4.76. The van der Waals surface area contributed by atoms with E-state index < -0.39 is 8.56 Å². The van der Waals surface area contributed by atoms with Crippen molar-refractivity contribution in [3.63, 3.8) is 0 Å². The van der Waals surface area contributed by atoms with Crippen LogP contribution in [-0.2, 0) is 4.43 Å². The molecule has 0 aliphatic heterocycles. The van der Waals surface area contributed by atoms with Crippen molar-refractivity contribution in [2.24, 2.45) is 0 Å². The summed E-state index contributed by atoms with van der Waals surface area (Å²) in [4.78, 5) is 0. The molecular weight excluding hydrogens is 252 g/mol. The number of unbranched alkanes of at least 4 members (excludes halogenated alkanes) is 4. The van der Waals surface area contributed by atoms with Crippen LogP contribution in [0.1, 0.15) is 44.6 Å². The van der Waals surface area contributed by atoms with E-state index in [1.807, 2.05) is 18.2 Å². The molecule has 0 spiro atoms. The van der Waals surface area contributed by atoms with E-state index in [2.05, 4.69) is 33.0 Å². The van der Waals surface area contributed by atoms with Gasteiger partial charge in [-0.15, -0.1) is 0 Å². The summed E-state index contributed by atoms with van der Waals surface area (Å²) in [5, 5.41) is 0. The Morgan fingerprint density at radius 1 is 1.00 bits per heavy atom. The second kappa shape index (κ2) is 8.38. The fourth-order valence-electron chi connectivity index (χ4n) is 1.99. The van der Waals surface area contributed by atoms with Gasteiger partial charge < -0.3 is 8.85 Å². The Morgan fingerprint density at radius 2 is 1.68 bits per heavy atom. The van der Waals surface area contributed by atoms with Crippen molar-refractivity contribution >= 4 is 8.56 Å². The molecule has 0 bridgehead atoms. The molecule has 0 N–H and O–H groups in total. The second-order valence-corrected chi connectivity index (χ2v) is 8.82. The average molecular weight is 280 g/mol. The lowest BCUT2D eigenvalue weighted by Crippen LogP contribution is -2.38. The summed E-state index contributed by atoms with van der Waals surface area (Å²) >= 11 is 0. The lowest BCUT2D eigenvalue weighted by molar-refractivity contribution is 0.240. The smallest absolute Gasteiger partial charge is 0.392 e. The lowest BCUT2D eigenvalue weighted by Gasteiger charge is -2.24. The molecule has 19 heavy (non-hydrogen) atoms. The van der Waals surface area contributed by atoms with Gasteiger partial charge in [0, 0.05) is 6.61 Å². The first kappa shape index (κ1) is 16.3. The molecule has 108 valence electrons. The van der Waals surface area contributed by atoms with E-state index in [0.717, 1.165) is 18.8 Å². The van der Waals surface area contributed by atoms with Crippen LogP contribution in [0.5, 0.6) is 5.75 Å². The number of benzene rings is 1. The molecule has 0 aliphatic rings. The molecule has 0 heterocycles. The van der Waals surface area contributed by atoms with Gasteiger partial charge in [-0.05, 0) is 38.1 Å². The third-order valence-electron chi connectivity index (χ3n) is 3.15. The van der Waals surface area contributed by atoms with Crippen molar-refractivity contribution in [1.82, 2.24) is 0 Å². The van der Waals surface area contributed by atoms with Gasteiger partial charge in [0.05, 0.1) is 0 Å². The molecule has 0 amide bonds. The zero-order valence-corrected chi connectivity index (χ0v) is 13.9. The third kappa shape index (κ3) is 6.78. The average Bonchev–Trinajstić information content (AvgIpc) is 2.36. The quantitative estimate of drug-likeness (QED) is 0.465. The van der Waals surface area contributed by atoms with E-state index in [4.69, 9.17) is 8.85 Å². The number of hydrogen-bond acceptors (Lipinski definition) is 2. The number of rotatable bonds is 9. The first-order valence-electron chi connectivity index (χ1n) is 7.44. The van der Waals surface area contributed by atoms with Crippen molar-refractivity contribution in [1.29, 1.82) is 0 Å². The van der Waals surface area contributed by atoms with E-state index in [1.54, 1.807) is 0 Å². The van der Waals surface area contributed by atoms with Crippen LogP contribution in [0.3, 0.4) is 0 Å². The molecule has 2 nitrogen and oxygen atoms in total. The van der Waals surface area contributed by atoms with Crippen molar-refractivity contribution in [3.8, 4) is 5.75 Å². The SMILES string of the molecule is CCCCCCCO[Si](C)(C)Oc1ccccc1C. The minimum atomic E-state index is -2.04. The van der Waals surface area contributed by atoms with E-state index in [1.165, 1.54) is 31.2 Å². The van der Waals surface area contributed by atoms with Crippen LogP contribution in [0.4, 0.5) is 0 Å². The van der Waals surface area contributed by atoms with E-state index in [-0.39, 0.29) is 0 Å². The first-order chi connectivity index (χ1) is 9.05. The Hall–Kier alpha value is -0.803. The van der Waals surface area contributed by atoms with Gasteiger partial charge in [-0.1, -0.05) is 50.8 Å². The minimum Gasteiger partial charge on any atom is -0.520 e. The Labute approximate surface area is 119 Å². The summed E-state index contributed by atoms with van der Waals surface area (Å²) in [6, 6.07) is 8.14. The van der Waals surface area contributed by atoms with E-state index in [0.29, 0.717) is 0 Å². The highest BCUT2D eigenvalue weighted by atomic mass is 28.4. The summed E-state index contributed by atoms with van der Waals surface area (Å²) in [6.45, 7) is 9.37. The fourth-order valence-corrected chi connectivity index (χ4v) is 3.44. The molecule has 3 heteroatoms. The zero-order chi connectivity index (χ0) is 14.1. The second-order valence-electron chi connectivity index (χ2n) is 5.53. The first-order valence-corrected chi connectivity index (χ1v) is 10.3. The summed E-state index contributed by atoms with van der Waals surface area (Å²) in [5.74, 6) is 0.963. The minimum absolute atomic E-state index is 0.828. The van der Waals surface area contributed by atoms with Gasteiger partial charge >= 0.3 is 8.56 Å². The maximum absolute atomic E-state index is 6.08. The molecule has 0 saturated heterocycles. The monoisotopic (exact) mass is 280 g/mol. The normalized spacial score (nSPS) is 11.6. The van der Waals surface area contributed by atoms with Crippen molar-refractivity contribution < 1.29 is 8.85 Å². The van der Waals surface area contributed by atoms with Crippen molar-refractivity contribution in [3.05, 3.63) is 29.8 Å². The van der Waals surface area contributed by atoms with Gasteiger partial charge in [0.25, 0.3) is 0 Å². The predicted molar refractivity (Wildman–Crippen MR) is 84.0 cm³/mol. The highest BCUT2D eigenvalue weighted by Gasteiger charge is 2.26. The molecule has 0 radical (unpaired) electrons. The number of aryl methyl sites for hydroxylation is 1. The maximum atomic E-state index is 6.08. The highest BCUT2D eigenvalue weighted by molar-refractivity contribution is 6.65. The van der Waals surface area contributed by atoms with Crippen LogP contribution in [0.25, 0.3) is 0 Å². The van der Waals surface area contributed by atoms with Gasteiger partial charge in [-0.25, -0.2) is 0 Å². The van der Waals surface area contributed by atoms with Crippen LogP contribution in [-0.4, -0.2) is 15.2 Å². The number of hydrogen-bond donors (Lipinski definition) is 0. The van der Waals surface area contributed by atoms with Crippen LogP contribution < -0.4 is 4.43 Å². The van der Waals surface area contributed by atoms with Gasteiger partial charge in [-0.3, -0.25) is 0 Å². The zero-order valence-electron chi connectivity index (χ0n) is 12.9. The molecule has 0 atom stereocenters. The molecule has 1 aromatic rings. The molecular formula is C16H28O2Si. The predicted octanol–water partition coefficient (Wildman–Crippen LogP) is 5.06. The molecule has 0 unspecified atom stereocenters. The van der Waals surface area contributed by atoms with Crippen LogP contribution in [0.15, 0.2) is 24.3 Å². The van der Waals surface area contributed by atoms with Gasteiger partial charge in [0.15, 0.2) is 0 Å². The van der Waals surface area contributed by atoms with E-state index in [9.17, 15) is 0 Å². The summed E-state index contributed by atoms with van der Waals surface area (Å²) in [6.07, 6.45) is 6.36. The van der Waals surface area contributed by atoms with Gasteiger partial charge in [0.2, 0.25) is 0 Å². The largest absolute Gasteiger partial charge is 0.520 e. The van der Waals surface area contributed by atoms with Crippen LogP contribution in [0.2, 0.25) is 13.1 Å². The Morgan fingerprint density at radius 3 is 2.37 bits per heavy atom. The molecule has 0 aliphatic carbocycles. The Balaban J connectivity index is 2.30. The molecule has 1 rings (SSSR count). The van der Waals surface area contributed by atoms with Gasteiger partial charge in [0.1, 0.15) is 5.75 Å². The standard InChI is InChI=1S/C16H28O2Si/c1-5-6-7-8-11-14-17-19(3,4)18-16-13-10-9-12-15(16)2/h9-10,12-13H,5-8,11,14H2,1-4H3. The van der Waals surface area contributed by atoms with Crippen molar-refractivity contribution in [2.45, 2.75) is 59.0 Å². The fraction of sp³-hybridized carbons (Fsp3) is 0.625. The highest BCUT2D eigenvalue weighted by Crippen LogP contribution is 2.21. The summed E-state index contributed by atoms with van der Waals surface area (Å²) < 4.78 is 12.1. The summed E-state index contributed by atoms with van der Waals surface area (Å²) in [7, 11) is -2.04. The van der Waals surface area contributed by atoms with E-state index >= 15 is 0 Å². The summed E-state index contributed by atoms with van der Waals surface area (Å²) in [5.41, 5.74) is 1.18. The molecule has 0 saturated carbocycles. The number of para-hydroxylation sites is 1. The van der Waals surface area contributed by atoms with Crippen LogP contribution in [0, 0.1) is 6.92 Å². The molecule has 0 aromatic heterocycles.